The van der Waals surface area contributed by atoms with Crippen molar-refractivity contribution in [3.8, 4) is 0 Å². The lowest BCUT2D eigenvalue weighted by Gasteiger charge is -2.28. The van der Waals surface area contributed by atoms with Gasteiger partial charge in [0.05, 0.1) is 12.0 Å². The summed E-state index contributed by atoms with van der Waals surface area (Å²) in [6.07, 6.45) is 2.65. The minimum absolute atomic E-state index is 0.162. The van der Waals surface area contributed by atoms with Crippen molar-refractivity contribution in [2.45, 2.75) is 40.2 Å². The van der Waals surface area contributed by atoms with E-state index in [-0.39, 0.29) is 6.04 Å². The number of rotatable bonds is 8. The molecule has 4 nitrogen and oxygen atoms in total. The van der Waals surface area contributed by atoms with Gasteiger partial charge in [-0.3, -0.25) is 9.24 Å². The van der Waals surface area contributed by atoms with Crippen LogP contribution in [0.4, 0.5) is 5.69 Å². The fraction of sp³-hybridized carbons (Fsp3) is 0.533. The van der Waals surface area contributed by atoms with Gasteiger partial charge >= 0.3 is 0 Å². The monoisotopic (exact) mass is 327 g/mol. The standard InChI is InChI=1S/C15H26N3OPS/c1-6-11-21-20(19,17-13(2)3)18(5)12-16-15-9-7-14(4)8-10-15/h7-10,12-13H,6,11H2,1-5H3,(H,17,19). The van der Waals surface area contributed by atoms with Crippen LogP contribution in [-0.4, -0.2) is 29.9 Å². The van der Waals surface area contributed by atoms with Crippen LogP contribution in [0.3, 0.4) is 0 Å². The molecule has 1 atom stereocenters. The average Bonchev–Trinajstić information content (AvgIpc) is 2.43. The van der Waals surface area contributed by atoms with E-state index in [9.17, 15) is 4.57 Å². The van der Waals surface area contributed by atoms with Crippen LogP contribution in [0.5, 0.6) is 0 Å². The molecule has 21 heavy (non-hydrogen) atoms. The van der Waals surface area contributed by atoms with Crippen LogP contribution in [-0.2, 0) is 4.57 Å². The Hall–Kier alpha value is -0.770. The molecule has 0 aliphatic rings. The normalized spacial score (nSPS) is 14.6. The van der Waals surface area contributed by atoms with Gasteiger partial charge in [0.1, 0.15) is 0 Å². The van der Waals surface area contributed by atoms with Crippen LogP contribution in [0.15, 0.2) is 29.3 Å². The summed E-state index contributed by atoms with van der Waals surface area (Å²) in [5, 5.41) is 3.19. The van der Waals surface area contributed by atoms with E-state index in [4.69, 9.17) is 0 Å². The molecule has 1 unspecified atom stereocenters. The molecule has 0 radical (unpaired) electrons. The Balaban J connectivity index is 2.82. The van der Waals surface area contributed by atoms with E-state index in [0.29, 0.717) is 0 Å². The highest BCUT2D eigenvalue weighted by Gasteiger charge is 2.27. The molecule has 0 amide bonds. The Kier molecular flexibility index (Phi) is 7.50. The van der Waals surface area contributed by atoms with E-state index < -0.39 is 6.65 Å². The second-order valence-electron chi connectivity index (χ2n) is 5.29. The number of aliphatic imine (C=N–C) groups is 1. The Morgan fingerprint density at radius 3 is 2.52 bits per heavy atom. The van der Waals surface area contributed by atoms with Crippen LogP contribution in [0, 0.1) is 6.92 Å². The van der Waals surface area contributed by atoms with Crippen molar-refractivity contribution < 1.29 is 4.57 Å². The summed E-state index contributed by atoms with van der Waals surface area (Å²) in [6, 6.07) is 8.12. The van der Waals surface area contributed by atoms with Crippen molar-refractivity contribution in [3.05, 3.63) is 29.8 Å². The Morgan fingerprint density at radius 1 is 1.38 bits per heavy atom. The number of hydrogen-bond acceptors (Lipinski definition) is 3. The van der Waals surface area contributed by atoms with Gasteiger partial charge in [-0.1, -0.05) is 36.0 Å². The van der Waals surface area contributed by atoms with Gasteiger partial charge in [-0.15, -0.1) is 0 Å². The fourth-order valence-corrected chi connectivity index (χ4v) is 6.14. The summed E-state index contributed by atoms with van der Waals surface area (Å²) in [4.78, 5) is 4.40. The third kappa shape index (κ3) is 6.25. The molecule has 0 aliphatic heterocycles. The predicted molar refractivity (Wildman–Crippen MR) is 95.7 cm³/mol. The molecule has 0 aliphatic carbocycles. The fourth-order valence-electron chi connectivity index (χ4n) is 1.61. The SMILES string of the molecule is CCCSP(=O)(NC(C)C)N(C)C=Nc1ccc(C)cc1. The van der Waals surface area contributed by atoms with Crippen molar-refractivity contribution in [3.63, 3.8) is 0 Å². The highest BCUT2D eigenvalue weighted by atomic mass is 32.7. The molecule has 0 heterocycles. The lowest BCUT2D eigenvalue weighted by Crippen LogP contribution is -2.27. The van der Waals surface area contributed by atoms with Crippen LogP contribution in [0.25, 0.3) is 0 Å². The van der Waals surface area contributed by atoms with Crippen molar-refractivity contribution in [1.82, 2.24) is 9.76 Å². The Morgan fingerprint density at radius 2 is 2.00 bits per heavy atom. The second kappa shape index (κ2) is 8.62. The minimum Gasteiger partial charge on any atom is -0.297 e. The Labute approximate surface area is 132 Å². The number of hydrogen-bond donors (Lipinski definition) is 1. The Bertz CT molecular complexity index is 502. The van der Waals surface area contributed by atoms with E-state index in [1.54, 1.807) is 11.0 Å². The smallest absolute Gasteiger partial charge is 0.293 e. The molecule has 118 valence electrons. The molecule has 1 aromatic rings. The summed E-state index contributed by atoms with van der Waals surface area (Å²) in [5.41, 5.74) is 2.07. The quantitative estimate of drug-likeness (QED) is 0.422. The molecule has 1 aromatic carbocycles. The summed E-state index contributed by atoms with van der Waals surface area (Å²) < 4.78 is 14.8. The maximum atomic E-state index is 13.0. The highest BCUT2D eigenvalue weighted by Crippen LogP contribution is 2.57. The van der Waals surface area contributed by atoms with Crippen molar-refractivity contribution in [2.75, 3.05) is 12.8 Å². The third-order valence-electron chi connectivity index (χ3n) is 2.71. The lowest BCUT2D eigenvalue weighted by molar-refractivity contribution is 0.537. The van der Waals surface area contributed by atoms with E-state index in [2.05, 4.69) is 17.0 Å². The second-order valence-corrected chi connectivity index (χ2v) is 10.1. The summed E-state index contributed by atoms with van der Waals surface area (Å²) in [5.74, 6) is 0.861. The summed E-state index contributed by atoms with van der Waals surface area (Å²) in [6.45, 7) is 5.46. The van der Waals surface area contributed by atoms with Gasteiger partial charge in [0, 0.05) is 18.8 Å². The van der Waals surface area contributed by atoms with Gasteiger partial charge in [-0.05, 0) is 39.3 Å². The predicted octanol–water partition coefficient (Wildman–Crippen LogP) is 4.84. The number of benzene rings is 1. The first kappa shape index (κ1) is 18.3. The number of nitrogens with one attached hydrogen (secondary N) is 1. The zero-order valence-electron chi connectivity index (χ0n) is 13.5. The molecule has 0 saturated heterocycles. The van der Waals surface area contributed by atoms with Crippen LogP contribution in [0.2, 0.25) is 0 Å². The van der Waals surface area contributed by atoms with Crippen molar-refractivity contribution >= 4 is 30.1 Å². The van der Waals surface area contributed by atoms with Gasteiger partial charge in [0.2, 0.25) is 0 Å². The average molecular weight is 327 g/mol. The first-order valence-corrected chi connectivity index (χ1v) is 10.5. The van der Waals surface area contributed by atoms with E-state index in [0.717, 1.165) is 17.9 Å². The molecule has 6 heteroatoms. The van der Waals surface area contributed by atoms with E-state index in [1.165, 1.54) is 16.9 Å². The van der Waals surface area contributed by atoms with Gasteiger partial charge in [0.15, 0.2) is 0 Å². The minimum atomic E-state index is -2.68. The van der Waals surface area contributed by atoms with Crippen LogP contribution >= 0.6 is 18.0 Å². The largest absolute Gasteiger partial charge is 0.297 e. The molecule has 0 fully saturated rings. The van der Waals surface area contributed by atoms with Gasteiger partial charge < -0.3 is 0 Å². The molecular weight excluding hydrogens is 301 g/mol. The highest BCUT2D eigenvalue weighted by molar-refractivity contribution is 8.56. The van der Waals surface area contributed by atoms with Crippen LogP contribution in [0.1, 0.15) is 32.8 Å². The molecule has 1 rings (SSSR count). The lowest BCUT2D eigenvalue weighted by atomic mass is 10.2. The number of nitrogens with zero attached hydrogens (tertiary/aromatic N) is 2. The molecule has 0 bridgehead atoms. The maximum Gasteiger partial charge on any atom is 0.293 e. The summed E-state index contributed by atoms with van der Waals surface area (Å²) in [7, 11) is 1.82. The summed E-state index contributed by atoms with van der Waals surface area (Å²) >= 11 is 1.48. The van der Waals surface area contributed by atoms with Gasteiger partial charge in [-0.2, -0.15) is 0 Å². The first-order chi connectivity index (χ1) is 9.87. The molecular formula is C15H26N3OPS. The van der Waals surface area contributed by atoms with Crippen molar-refractivity contribution in [2.24, 2.45) is 4.99 Å². The van der Waals surface area contributed by atoms with Gasteiger partial charge in [-0.25, -0.2) is 10.1 Å². The molecule has 0 spiro atoms. The zero-order chi connectivity index (χ0) is 15.9. The zero-order valence-corrected chi connectivity index (χ0v) is 15.2. The van der Waals surface area contributed by atoms with Crippen molar-refractivity contribution in [1.29, 1.82) is 0 Å². The molecule has 0 saturated carbocycles. The van der Waals surface area contributed by atoms with E-state index >= 15 is 0 Å². The first-order valence-electron chi connectivity index (χ1n) is 7.24. The molecule has 1 N–H and O–H groups in total. The van der Waals surface area contributed by atoms with Crippen LogP contribution < -0.4 is 5.09 Å². The maximum absolute atomic E-state index is 13.0. The topological polar surface area (TPSA) is 44.7 Å². The number of aryl methyl sites for hydroxylation is 1. The molecule has 0 aromatic heterocycles. The van der Waals surface area contributed by atoms with Gasteiger partial charge in [0.25, 0.3) is 6.65 Å². The van der Waals surface area contributed by atoms with E-state index in [1.807, 2.05) is 52.1 Å². The third-order valence-corrected chi connectivity index (χ3v) is 8.12.